The van der Waals surface area contributed by atoms with Crippen LogP contribution in [0.3, 0.4) is 0 Å². The minimum absolute atomic E-state index is 0. The molecule has 0 aromatic heterocycles. The molecule has 0 atom stereocenters. The maximum absolute atomic E-state index is 8.11. The predicted octanol–water partition coefficient (Wildman–Crippen LogP) is -0.476. The van der Waals surface area contributed by atoms with E-state index in [2.05, 4.69) is 0 Å². The zero-order valence-electron chi connectivity index (χ0n) is 2.20. The number of nitrogens with zero attached hydrogens (tertiary/aromatic N) is 3. The molecule has 0 rings (SSSR count). The average Bonchev–Trinajstić information content (AvgIpc) is 1.46. The molecule has 0 radical (unpaired) electrons. The van der Waals surface area contributed by atoms with Gasteiger partial charge >= 0.3 is 29.6 Å². The van der Waals surface area contributed by atoms with Gasteiger partial charge in [0.15, 0.2) is 5.34 Å². The standard InChI is InChI=1S/N2.HNO2.Na.H/c1-2;2-1-3;;/h;(H,2,3);;. The summed E-state index contributed by atoms with van der Waals surface area (Å²) in [7, 11) is 0. The third-order valence-corrected chi connectivity index (χ3v) is 0. The van der Waals surface area contributed by atoms with E-state index in [9.17, 15) is 0 Å². The molecule has 0 aliphatic carbocycles. The van der Waals surface area contributed by atoms with Crippen LogP contribution in [0.25, 0.3) is 0 Å². The van der Waals surface area contributed by atoms with Crippen molar-refractivity contribution in [2.75, 3.05) is 0 Å². The van der Waals surface area contributed by atoms with Crippen molar-refractivity contribution in [2.45, 2.75) is 0 Å². The van der Waals surface area contributed by atoms with E-state index in [-0.39, 0.29) is 29.6 Å². The molecule has 6 heteroatoms. The molecule has 0 fully saturated rings. The molecule has 0 amide bonds. The molecular weight excluding hydrogens is 97.0 g/mol. The van der Waals surface area contributed by atoms with Crippen molar-refractivity contribution >= 4 is 29.6 Å². The van der Waals surface area contributed by atoms with Crippen LogP contribution in [0, 0.1) is 15.7 Å². The van der Waals surface area contributed by atoms with Crippen LogP contribution in [-0.2, 0) is 0 Å². The maximum atomic E-state index is 8.11. The van der Waals surface area contributed by atoms with Gasteiger partial charge in [0.2, 0.25) is 0 Å². The zero-order chi connectivity index (χ0) is 4.71. The molecule has 0 saturated carbocycles. The Morgan fingerprint density at radius 2 is 1.50 bits per heavy atom. The zero-order valence-corrected chi connectivity index (χ0v) is 2.20. The van der Waals surface area contributed by atoms with Crippen molar-refractivity contribution < 1.29 is 5.21 Å². The van der Waals surface area contributed by atoms with Gasteiger partial charge in [-0.05, 0) is 0 Å². The van der Waals surface area contributed by atoms with Gasteiger partial charge in [0.1, 0.15) is 0 Å². The van der Waals surface area contributed by atoms with Gasteiger partial charge in [-0.25, -0.2) is 0 Å². The molecular formula is H2N3NaO2. The molecule has 30 valence electrons. The van der Waals surface area contributed by atoms with Crippen LogP contribution in [0.5, 0.6) is 0 Å². The summed E-state index contributed by atoms with van der Waals surface area (Å²) < 4.78 is 0. The first-order valence-corrected chi connectivity index (χ1v) is 0.583. The third kappa shape index (κ3) is 938. The van der Waals surface area contributed by atoms with Crippen LogP contribution in [0.1, 0.15) is 0 Å². The second-order valence-electron chi connectivity index (χ2n) is 0.0816. The Hall–Kier alpha value is -0.180. The predicted molar refractivity (Wildman–Crippen MR) is 18.2 cm³/mol. The fourth-order valence-corrected chi connectivity index (χ4v) is 0. The van der Waals surface area contributed by atoms with E-state index in [0.29, 0.717) is 0 Å². The summed E-state index contributed by atoms with van der Waals surface area (Å²) in [6, 6.07) is 0. The Morgan fingerprint density at radius 3 is 1.50 bits per heavy atom. The van der Waals surface area contributed by atoms with Crippen LogP contribution in [0.4, 0.5) is 0 Å². The van der Waals surface area contributed by atoms with Crippen LogP contribution >= 0.6 is 0 Å². The summed E-state index contributed by atoms with van der Waals surface area (Å²) in [6.07, 6.45) is 0. The first-order chi connectivity index (χ1) is 2.41. The van der Waals surface area contributed by atoms with E-state index in [0.717, 1.165) is 0 Å². The third-order valence-electron chi connectivity index (χ3n) is 0. The van der Waals surface area contributed by atoms with Crippen LogP contribution < -0.4 is 0 Å². The SMILES string of the molecule is N#N.O=NO.[NaH]. The summed E-state index contributed by atoms with van der Waals surface area (Å²) in [5.74, 6) is 0. The van der Waals surface area contributed by atoms with Crippen molar-refractivity contribution in [2.24, 2.45) is 5.34 Å². The van der Waals surface area contributed by atoms with Crippen LogP contribution in [0.2, 0.25) is 0 Å². The summed E-state index contributed by atoms with van der Waals surface area (Å²) in [6.45, 7) is 0. The molecule has 0 aromatic carbocycles. The topological polar surface area (TPSA) is 97.2 Å². The fourth-order valence-electron chi connectivity index (χ4n) is 0. The summed E-state index contributed by atoms with van der Waals surface area (Å²) in [5, 5.41) is 19.9. The number of hydrogen-bond donors (Lipinski definition) is 1. The van der Waals surface area contributed by atoms with Crippen molar-refractivity contribution in [3.05, 3.63) is 4.91 Å². The molecule has 5 nitrogen and oxygen atoms in total. The van der Waals surface area contributed by atoms with E-state index in [1.165, 1.54) is 5.34 Å². The van der Waals surface area contributed by atoms with Gasteiger partial charge in [0.05, 0.1) is 0 Å². The Morgan fingerprint density at radius 1 is 1.50 bits per heavy atom. The van der Waals surface area contributed by atoms with E-state index < -0.39 is 0 Å². The van der Waals surface area contributed by atoms with Crippen LogP contribution in [0.15, 0.2) is 5.34 Å². The molecule has 0 heterocycles. The molecule has 1 N–H and O–H groups in total. The van der Waals surface area contributed by atoms with E-state index in [1.54, 1.807) is 0 Å². The van der Waals surface area contributed by atoms with E-state index >= 15 is 0 Å². The van der Waals surface area contributed by atoms with Crippen molar-refractivity contribution in [3.63, 3.8) is 0 Å². The Kier molecular flexibility index (Phi) is 296. The molecule has 0 bridgehead atoms. The molecule has 0 saturated heterocycles. The molecule has 0 unspecified atom stereocenters. The van der Waals surface area contributed by atoms with Gasteiger partial charge in [0.25, 0.3) is 0 Å². The normalized spacial score (nSPS) is 2.33. The van der Waals surface area contributed by atoms with Crippen LogP contribution in [-0.4, -0.2) is 34.8 Å². The van der Waals surface area contributed by atoms with Crippen molar-refractivity contribution in [1.82, 2.24) is 0 Å². The molecule has 0 spiro atoms. The minimum atomic E-state index is 0. The number of hydrogen-bond acceptors (Lipinski definition) is 4. The Labute approximate surface area is 56.0 Å². The summed E-state index contributed by atoms with van der Waals surface area (Å²) in [5.41, 5.74) is 0. The molecule has 6 heavy (non-hydrogen) atoms. The van der Waals surface area contributed by atoms with Gasteiger partial charge in [0, 0.05) is 10.8 Å². The first kappa shape index (κ1) is 17.0. The second-order valence-corrected chi connectivity index (χ2v) is 0.0816. The van der Waals surface area contributed by atoms with Gasteiger partial charge in [-0.15, -0.1) is 4.91 Å². The Balaban J connectivity index is -0.0000000275. The molecule has 0 aromatic rings. The summed E-state index contributed by atoms with van der Waals surface area (Å²) in [4.78, 5) is 8.11. The summed E-state index contributed by atoms with van der Waals surface area (Å²) >= 11 is 0. The fraction of sp³-hybridized carbons (Fsp3) is 0. The molecule has 0 aliphatic heterocycles. The molecule has 0 aliphatic rings. The van der Waals surface area contributed by atoms with Gasteiger partial charge in [-0.1, -0.05) is 0 Å². The van der Waals surface area contributed by atoms with Crippen molar-refractivity contribution in [1.29, 1.82) is 10.8 Å². The average molecular weight is 99.0 g/mol. The number of rotatable bonds is 0. The van der Waals surface area contributed by atoms with E-state index in [1.807, 2.05) is 0 Å². The Bertz CT molecular complexity index is 33.0. The van der Waals surface area contributed by atoms with Gasteiger partial charge in [-0.3, -0.25) is 0 Å². The second kappa shape index (κ2) is 105. The monoisotopic (exact) mass is 99.0 g/mol. The van der Waals surface area contributed by atoms with Gasteiger partial charge in [-0.2, -0.15) is 0 Å². The van der Waals surface area contributed by atoms with E-state index in [4.69, 9.17) is 20.9 Å². The quantitative estimate of drug-likeness (QED) is 0.192. The van der Waals surface area contributed by atoms with Crippen molar-refractivity contribution in [3.8, 4) is 0 Å². The first-order valence-electron chi connectivity index (χ1n) is 0.583. The van der Waals surface area contributed by atoms with Gasteiger partial charge < -0.3 is 5.21 Å².